The molecule has 1 amide bonds. The SMILES string of the molecule is CC(C)C1CCN(C(=O)CCc2ccccc2C(=O)O)CC1. The van der Waals surface area contributed by atoms with Crippen molar-refractivity contribution in [1.29, 1.82) is 0 Å². The van der Waals surface area contributed by atoms with Crippen LogP contribution in [0, 0.1) is 11.8 Å². The van der Waals surface area contributed by atoms with E-state index in [4.69, 9.17) is 5.11 Å². The van der Waals surface area contributed by atoms with Gasteiger partial charge in [-0.25, -0.2) is 4.79 Å². The number of carbonyl (C=O) groups excluding carboxylic acids is 1. The normalized spacial score (nSPS) is 16.0. The smallest absolute Gasteiger partial charge is 0.335 e. The molecule has 1 aromatic rings. The van der Waals surface area contributed by atoms with Crippen molar-refractivity contribution >= 4 is 11.9 Å². The topological polar surface area (TPSA) is 57.6 Å². The van der Waals surface area contributed by atoms with Gasteiger partial charge in [0.1, 0.15) is 0 Å². The second-order valence-corrected chi connectivity index (χ2v) is 6.42. The van der Waals surface area contributed by atoms with E-state index >= 15 is 0 Å². The summed E-state index contributed by atoms with van der Waals surface area (Å²) in [5.41, 5.74) is 1.04. The van der Waals surface area contributed by atoms with E-state index in [-0.39, 0.29) is 5.91 Å². The van der Waals surface area contributed by atoms with Gasteiger partial charge in [0.15, 0.2) is 0 Å². The molecule has 1 aliphatic rings. The van der Waals surface area contributed by atoms with E-state index in [2.05, 4.69) is 13.8 Å². The largest absolute Gasteiger partial charge is 0.478 e. The van der Waals surface area contributed by atoms with Crippen molar-refractivity contribution in [2.75, 3.05) is 13.1 Å². The number of carbonyl (C=O) groups is 2. The van der Waals surface area contributed by atoms with E-state index < -0.39 is 5.97 Å². The molecule has 22 heavy (non-hydrogen) atoms. The minimum absolute atomic E-state index is 0.141. The summed E-state index contributed by atoms with van der Waals surface area (Å²) in [4.78, 5) is 25.4. The van der Waals surface area contributed by atoms with E-state index in [1.165, 1.54) is 0 Å². The van der Waals surface area contributed by atoms with Crippen LogP contribution in [0.3, 0.4) is 0 Å². The van der Waals surface area contributed by atoms with E-state index in [1.54, 1.807) is 18.2 Å². The zero-order chi connectivity index (χ0) is 16.1. The lowest BCUT2D eigenvalue weighted by atomic mass is 9.86. The van der Waals surface area contributed by atoms with Crippen LogP contribution in [0.2, 0.25) is 0 Å². The van der Waals surface area contributed by atoms with E-state index in [9.17, 15) is 9.59 Å². The lowest BCUT2D eigenvalue weighted by Gasteiger charge is -2.34. The van der Waals surface area contributed by atoms with Crippen molar-refractivity contribution in [2.45, 2.75) is 39.5 Å². The Hall–Kier alpha value is -1.84. The number of carboxylic acid groups (broad SMARTS) is 1. The third kappa shape index (κ3) is 4.09. The summed E-state index contributed by atoms with van der Waals surface area (Å²) < 4.78 is 0. The lowest BCUT2D eigenvalue weighted by molar-refractivity contribution is -0.132. The van der Waals surface area contributed by atoms with Crippen LogP contribution in [0.25, 0.3) is 0 Å². The molecule has 1 fully saturated rings. The standard InChI is InChI=1S/C18H25NO3/c1-13(2)14-9-11-19(12-10-14)17(20)8-7-15-5-3-4-6-16(15)18(21)22/h3-6,13-14H,7-12H2,1-2H3,(H,21,22). The van der Waals surface area contributed by atoms with Crippen molar-refractivity contribution in [1.82, 2.24) is 4.90 Å². The van der Waals surface area contributed by atoms with Gasteiger partial charge in [-0.15, -0.1) is 0 Å². The van der Waals surface area contributed by atoms with Crippen LogP contribution in [0.15, 0.2) is 24.3 Å². The Bertz CT molecular complexity index is 531. The zero-order valence-corrected chi connectivity index (χ0v) is 13.4. The van der Waals surface area contributed by atoms with Crippen LogP contribution in [-0.2, 0) is 11.2 Å². The predicted octanol–water partition coefficient (Wildman–Crippen LogP) is 3.21. The first-order chi connectivity index (χ1) is 10.5. The molecule has 0 atom stereocenters. The van der Waals surface area contributed by atoms with Crippen LogP contribution < -0.4 is 0 Å². The highest BCUT2D eigenvalue weighted by Gasteiger charge is 2.24. The van der Waals surface area contributed by atoms with Crippen LogP contribution in [0.1, 0.15) is 49.0 Å². The summed E-state index contributed by atoms with van der Waals surface area (Å²) >= 11 is 0. The fourth-order valence-corrected chi connectivity index (χ4v) is 3.16. The first-order valence-corrected chi connectivity index (χ1v) is 8.08. The maximum absolute atomic E-state index is 12.3. The zero-order valence-electron chi connectivity index (χ0n) is 13.4. The number of hydrogen-bond acceptors (Lipinski definition) is 2. The van der Waals surface area contributed by atoms with Gasteiger partial charge in [0, 0.05) is 19.5 Å². The molecule has 1 aromatic carbocycles. The number of hydrogen-bond donors (Lipinski definition) is 1. The van der Waals surface area contributed by atoms with Gasteiger partial charge < -0.3 is 10.0 Å². The molecule has 4 heteroatoms. The summed E-state index contributed by atoms with van der Waals surface area (Å²) in [6.07, 6.45) is 3.03. The summed E-state index contributed by atoms with van der Waals surface area (Å²) in [7, 11) is 0. The van der Waals surface area contributed by atoms with Crippen molar-refractivity contribution in [2.24, 2.45) is 11.8 Å². The monoisotopic (exact) mass is 303 g/mol. The number of amides is 1. The third-order valence-corrected chi connectivity index (χ3v) is 4.69. The average molecular weight is 303 g/mol. The van der Waals surface area contributed by atoms with E-state index in [0.717, 1.165) is 37.4 Å². The Labute approximate surface area is 132 Å². The highest BCUT2D eigenvalue weighted by Crippen LogP contribution is 2.25. The predicted molar refractivity (Wildman–Crippen MR) is 85.9 cm³/mol. The Kier molecular flexibility index (Phi) is 5.58. The number of nitrogens with zero attached hydrogens (tertiary/aromatic N) is 1. The molecule has 0 aromatic heterocycles. The summed E-state index contributed by atoms with van der Waals surface area (Å²) in [5.74, 6) is 0.611. The van der Waals surface area contributed by atoms with Gasteiger partial charge in [0.25, 0.3) is 0 Å². The fraction of sp³-hybridized carbons (Fsp3) is 0.556. The molecule has 2 rings (SSSR count). The Morgan fingerprint density at radius 2 is 1.86 bits per heavy atom. The minimum atomic E-state index is -0.930. The number of carboxylic acids is 1. The van der Waals surface area contributed by atoms with Gasteiger partial charge in [-0.1, -0.05) is 32.0 Å². The van der Waals surface area contributed by atoms with Crippen molar-refractivity contribution in [3.8, 4) is 0 Å². The van der Waals surface area contributed by atoms with E-state index in [0.29, 0.717) is 24.3 Å². The first kappa shape index (κ1) is 16.5. The van der Waals surface area contributed by atoms with Crippen LogP contribution >= 0.6 is 0 Å². The highest BCUT2D eigenvalue weighted by molar-refractivity contribution is 5.89. The van der Waals surface area contributed by atoms with Gasteiger partial charge in [0.2, 0.25) is 5.91 Å². The molecular weight excluding hydrogens is 278 g/mol. The van der Waals surface area contributed by atoms with Crippen LogP contribution in [-0.4, -0.2) is 35.0 Å². The summed E-state index contributed by atoms with van der Waals surface area (Å²) in [6, 6.07) is 6.92. The molecule has 0 spiro atoms. The molecule has 0 bridgehead atoms. The van der Waals surface area contributed by atoms with Gasteiger partial charge >= 0.3 is 5.97 Å². The van der Waals surface area contributed by atoms with Gasteiger partial charge in [0.05, 0.1) is 5.56 Å². The molecule has 1 heterocycles. The van der Waals surface area contributed by atoms with Crippen molar-refractivity contribution < 1.29 is 14.7 Å². The number of piperidine rings is 1. The molecule has 4 nitrogen and oxygen atoms in total. The maximum atomic E-state index is 12.3. The molecule has 1 N–H and O–H groups in total. The second kappa shape index (κ2) is 7.43. The number of aromatic carboxylic acids is 1. The second-order valence-electron chi connectivity index (χ2n) is 6.42. The lowest BCUT2D eigenvalue weighted by Crippen LogP contribution is -2.39. The van der Waals surface area contributed by atoms with Gasteiger partial charge in [-0.05, 0) is 42.7 Å². The molecule has 1 saturated heterocycles. The molecule has 0 saturated carbocycles. The average Bonchev–Trinajstić information content (AvgIpc) is 2.52. The summed E-state index contributed by atoms with van der Waals surface area (Å²) in [5, 5.41) is 9.17. The summed E-state index contributed by atoms with van der Waals surface area (Å²) in [6.45, 7) is 6.15. The quantitative estimate of drug-likeness (QED) is 0.908. The van der Waals surface area contributed by atoms with Crippen LogP contribution in [0.5, 0.6) is 0 Å². The molecule has 120 valence electrons. The maximum Gasteiger partial charge on any atom is 0.335 e. The number of benzene rings is 1. The highest BCUT2D eigenvalue weighted by atomic mass is 16.4. The number of aryl methyl sites for hydroxylation is 1. The van der Waals surface area contributed by atoms with E-state index in [1.807, 2.05) is 11.0 Å². The first-order valence-electron chi connectivity index (χ1n) is 8.08. The van der Waals surface area contributed by atoms with Crippen molar-refractivity contribution in [3.63, 3.8) is 0 Å². The molecule has 0 unspecified atom stereocenters. The molecule has 0 radical (unpaired) electrons. The third-order valence-electron chi connectivity index (χ3n) is 4.69. The molecule has 0 aliphatic carbocycles. The Balaban J connectivity index is 1.88. The molecular formula is C18H25NO3. The Morgan fingerprint density at radius 1 is 1.23 bits per heavy atom. The molecule has 1 aliphatic heterocycles. The fourth-order valence-electron chi connectivity index (χ4n) is 3.16. The van der Waals surface area contributed by atoms with Crippen LogP contribution in [0.4, 0.5) is 0 Å². The number of likely N-dealkylation sites (tertiary alicyclic amines) is 1. The minimum Gasteiger partial charge on any atom is -0.478 e. The number of rotatable bonds is 5. The van der Waals surface area contributed by atoms with Gasteiger partial charge in [-0.2, -0.15) is 0 Å². The van der Waals surface area contributed by atoms with Crippen molar-refractivity contribution in [3.05, 3.63) is 35.4 Å². The Morgan fingerprint density at radius 3 is 2.45 bits per heavy atom. The van der Waals surface area contributed by atoms with Gasteiger partial charge in [-0.3, -0.25) is 4.79 Å².